The Kier molecular flexibility index (Phi) is 6.21. The van der Waals surface area contributed by atoms with Gasteiger partial charge in [-0.2, -0.15) is 0 Å². The van der Waals surface area contributed by atoms with Gasteiger partial charge in [0.15, 0.2) is 11.4 Å². The number of carbonyl (C=O) groups is 3. The number of amides is 1. The number of carbonyl (C=O) groups excluding carboxylic acids is 3. The van der Waals surface area contributed by atoms with Crippen molar-refractivity contribution in [1.82, 2.24) is 14.8 Å². The van der Waals surface area contributed by atoms with E-state index in [1.807, 2.05) is 31.1 Å². The number of rotatable bonds is 5. The number of H-pyrrole nitrogens is 1. The highest BCUT2D eigenvalue weighted by Crippen LogP contribution is 2.53. The molecule has 0 saturated heterocycles. The molecule has 0 spiro atoms. The van der Waals surface area contributed by atoms with Crippen molar-refractivity contribution >= 4 is 23.2 Å². The highest BCUT2D eigenvalue weighted by molar-refractivity contribution is 6.24. The first-order valence-corrected chi connectivity index (χ1v) is 12.6. The molecule has 0 aliphatic heterocycles. The average molecular weight is 537 g/mol. The molecule has 2 aromatic rings. The number of aliphatic hydroxyl groups is 3. The second kappa shape index (κ2) is 9.08. The van der Waals surface area contributed by atoms with Crippen LogP contribution in [0.3, 0.4) is 0 Å². The zero-order valence-corrected chi connectivity index (χ0v) is 22.1. The molecule has 1 heterocycles. The lowest BCUT2D eigenvalue weighted by atomic mass is 9.57. The number of primary amides is 1. The van der Waals surface area contributed by atoms with Gasteiger partial charge in [-0.3, -0.25) is 19.3 Å². The number of nitrogens with two attached hydrogens (primary N) is 1. The Morgan fingerprint density at radius 3 is 2.41 bits per heavy atom. The van der Waals surface area contributed by atoms with Crippen molar-refractivity contribution in [2.24, 2.45) is 17.6 Å². The van der Waals surface area contributed by atoms with Crippen LogP contribution in [0.4, 0.5) is 0 Å². The molecule has 0 radical (unpaired) electrons. The number of hydrogen-bond acceptors (Lipinski definition) is 9. The van der Waals surface area contributed by atoms with Crippen LogP contribution in [0.15, 0.2) is 41.2 Å². The maximum Gasteiger partial charge on any atom is 0.255 e. The van der Waals surface area contributed by atoms with Crippen molar-refractivity contribution in [3.05, 3.63) is 58.0 Å². The Balaban J connectivity index is 1.69. The molecular weight excluding hydrogens is 504 g/mol. The van der Waals surface area contributed by atoms with E-state index >= 15 is 0 Å². The summed E-state index contributed by atoms with van der Waals surface area (Å²) < 4.78 is 0. The monoisotopic (exact) mass is 536 g/mol. The van der Waals surface area contributed by atoms with Gasteiger partial charge >= 0.3 is 0 Å². The normalized spacial score (nSPS) is 26.7. The summed E-state index contributed by atoms with van der Waals surface area (Å²) >= 11 is 0. The molecule has 3 aliphatic carbocycles. The van der Waals surface area contributed by atoms with Crippen LogP contribution < -0.4 is 5.73 Å². The fraction of sp³-hybridized carbons (Fsp3) is 0.393. The molecule has 7 N–H and O–H groups in total. The van der Waals surface area contributed by atoms with Crippen LogP contribution in [0.25, 0.3) is 17.0 Å². The van der Waals surface area contributed by atoms with E-state index < -0.39 is 58.0 Å². The largest absolute Gasteiger partial charge is 0.508 e. The van der Waals surface area contributed by atoms with Gasteiger partial charge in [0.2, 0.25) is 5.78 Å². The third kappa shape index (κ3) is 3.80. The lowest BCUT2D eigenvalue weighted by molar-refractivity contribution is -0.153. The summed E-state index contributed by atoms with van der Waals surface area (Å²) in [5.41, 5.74) is 4.84. The lowest BCUT2D eigenvalue weighted by Gasteiger charge is -2.50. The van der Waals surface area contributed by atoms with Gasteiger partial charge in [0, 0.05) is 35.0 Å². The molecule has 1 aromatic heterocycles. The molecule has 11 heteroatoms. The molecule has 0 bridgehead atoms. The molecule has 206 valence electrons. The summed E-state index contributed by atoms with van der Waals surface area (Å²) in [6, 6.07) is 5.89. The highest BCUT2D eigenvalue weighted by atomic mass is 16.3. The van der Waals surface area contributed by atoms with E-state index in [1.165, 1.54) is 11.0 Å². The van der Waals surface area contributed by atoms with Crippen molar-refractivity contribution in [2.75, 3.05) is 28.2 Å². The second-order valence-corrected chi connectivity index (χ2v) is 11.1. The number of hydrogen-bond donors (Lipinski definition) is 6. The number of benzene rings is 1. The number of nitrogens with zero attached hydrogens (tertiary/aromatic N) is 2. The number of aromatic hydroxyl groups is 1. The number of Topliss-reactive ketones (excluding diaryl/α,β-unsaturated/α-hetero) is 2. The van der Waals surface area contributed by atoms with Crippen LogP contribution in [0.5, 0.6) is 5.75 Å². The first-order chi connectivity index (χ1) is 18.3. The topological polar surface area (TPSA) is 180 Å². The number of fused-ring (bicyclic) bond motifs is 3. The van der Waals surface area contributed by atoms with E-state index in [0.29, 0.717) is 12.1 Å². The quantitative estimate of drug-likeness (QED) is 0.304. The predicted molar refractivity (Wildman–Crippen MR) is 141 cm³/mol. The summed E-state index contributed by atoms with van der Waals surface area (Å²) in [4.78, 5) is 46.1. The van der Waals surface area contributed by atoms with Crippen LogP contribution in [-0.2, 0) is 27.3 Å². The molecule has 1 amide bonds. The fourth-order valence-electron chi connectivity index (χ4n) is 6.53. The van der Waals surface area contributed by atoms with E-state index in [4.69, 9.17) is 5.73 Å². The number of likely N-dealkylation sites (N-methyl/N-ethyl adjacent to an activating group) is 1. The molecule has 4 atom stereocenters. The molecule has 1 fully saturated rings. The van der Waals surface area contributed by atoms with Gasteiger partial charge in [-0.15, -0.1) is 0 Å². The number of phenolic OH excluding ortho intramolecular Hbond substituents is 1. The molecule has 39 heavy (non-hydrogen) atoms. The third-order valence-corrected chi connectivity index (χ3v) is 8.13. The minimum Gasteiger partial charge on any atom is -0.508 e. The molecule has 4 unspecified atom stereocenters. The number of phenols is 1. The predicted octanol–water partition coefficient (Wildman–Crippen LogP) is 1.02. The smallest absolute Gasteiger partial charge is 0.255 e. The van der Waals surface area contributed by atoms with Gasteiger partial charge in [-0.1, -0.05) is 0 Å². The molecule has 5 rings (SSSR count). The summed E-state index contributed by atoms with van der Waals surface area (Å²) in [6.45, 7) is 0.678. The summed E-state index contributed by atoms with van der Waals surface area (Å²) in [6.07, 6.45) is 0.262. The van der Waals surface area contributed by atoms with E-state index in [9.17, 15) is 34.8 Å². The molecular formula is C28H32N4O7. The van der Waals surface area contributed by atoms with Gasteiger partial charge in [-0.05, 0) is 76.8 Å². The van der Waals surface area contributed by atoms with Gasteiger partial charge in [0.05, 0.1) is 11.6 Å². The zero-order chi connectivity index (χ0) is 28.5. The number of aromatic amines is 1. The molecule has 11 nitrogen and oxygen atoms in total. The number of aliphatic hydroxyl groups excluding tert-OH is 2. The van der Waals surface area contributed by atoms with Crippen LogP contribution in [0.2, 0.25) is 0 Å². The van der Waals surface area contributed by atoms with E-state index in [1.54, 1.807) is 20.2 Å². The Hall–Kier alpha value is -3.93. The SMILES string of the molecule is CN(C)Cc1ccc(-c2ccc(O)c3c2CC2CC4C(N(C)C)C(=O)C(C(N)=O)=C(O)C4(O)C(=O)C2=C3O)[nH]1. The van der Waals surface area contributed by atoms with Gasteiger partial charge in [0.1, 0.15) is 22.8 Å². The van der Waals surface area contributed by atoms with Crippen molar-refractivity contribution in [3.8, 4) is 17.0 Å². The Bertz CT molecular complexity index is 1480. The first kappa shape index (κ1) is 26.7. The molecule has 1 saturated carbocycles. The van der Waals surface area contributed by atoms with Crippen LogP contribution in [-0.4, -0.2) is 92.5 Å². The van der Waals surface area contributed by atoms with Crippen LogP contribution in [0.1, 0.15) is 23.2 Å². The Morgan fingerprint density at radius 2 is 1.79 bits per heavy atom. The van der Waals surface area contributed by atoms with Crippen molar-refractivity contribution in [1.29, 1.82) is 0 Å². The molecule has 1 aromatic carbocycles. The minimum absolute atomic E-state index is 0.0392. The van der Waals surface area contributed by atoms with Crippen LogP contribution in [0, 0.1) is 11.8 Å². The minimum atomic E-state index is -2.65. The van der Waals surface area contributed by atoms with E-state index in [0.717, 1.165) is 17.0 Å². The van der Waals surface area contributed by atoms with Crippen LogP contribution >= 0.6 is 0 Å². The zero-order valence-electron chi connectivity index (χ0n) is 22.1. The van der Waals surface area contributed by atoms with Crippen molar-refractivity contribution in [2.45, 2.75) is 31.0 Å². The lowest BCUT2D eigenvalue weighted by Crippen LogP contribution is -2.65. The number of nitrogens with one attached hydrogen (secondary N) is 1. The number of aromatic nitrogens is 1. The average Bonchev–Trinajstić information content (AvgIpc) is 3.28. The van der Waals surface area contributed by atoms with Gasteiger partial charge in [0.25, 0.3) is 5.91 Å². The summed E-state index contributed by atoms with van der Waals surface area (Å²) in [5.74, 6) is -6.68. The van der Waals surface area contributed by atoms with E-state index in [2.05, 4.69) is 4.98 Å². The maximum atomic E-state index is 13.9. The van der Waals surface area contributed by atoms with Crippen molar-refractivity contribution in [3.63, 3.8) is 0 Å². The summed E-state index contributed by atoms with van der Waals surface area (Å²) in [5, 5.41) is 44.8. The van der Waals surface area contributed by atoms with Crippen molar-refractivity contribution < 1.29 is 34.8 Å². The van der Waals surface area contributed by atoms with Gasteiger partial charge in [-0.25, -0.2) is 0 Å². The number of ketones is 2. The highest BCUT2D eigenvalue weighted by Gasteiger charge is 2.64. The summed E-state index contributed by atoms with van der Waals surface area (Å²) in [7, 11) is 7.04. The standard InChI is InChI=1S/C28H32N4O7/c1-31(2)11-13-5-7-17(30-13)14-6-8-18(33)20-15(14)9-12-10-16-22(32(3)4)24(35)21(27(29)38)26(37)28(16,39)25(36)19(12)23(20)34/h5-8,12,16,22,30,33-34,37,39H,9-11H2,1-4H3,(H2,29,38). The Morgan fingerprint density at radius 1 is 1.10 bits per heavy atom. The van der Waals surface area contributed by atoms with E-state index in [-0.39, 0.29) is 29.7 Å². The second-order valence-electron chi connectivity index (χ2n) is 11.1. The first-order valence-electron chi connectivity index (χ1n) is 12.6. The molecule has 3 aliphatic rings. The Labute approximate surface area is 224 Å². The third-order valence-electron chi connectivity index (χ3n) is 8.13. The maximum absolute atomic E-state index is 13.9. The fourth-order valence-corrected chi connectivity index (χ4v) is 6.53. The van der Waals surface area contributed by atoms with Gasteiger partial charge < -0.3 is 36.0 Å².